The maximum absolute atomic E-state index is 10.6. The van der Waals surface area contributed by atoms with Crippen LogP contribution >= 0.6 is 11.5 Å². The molecule has 2 N–H and O–H groups in total. The van der Waals surface area contributed by atoms with Crippen molar-refractivity contribution >= 4 is 23.2 Å². The second-order valence-electron chi connectivity index (χ2n) is 2.26. The van der Waals surface area contributed by atoms with Crippen LogP contribution in [0.25, 0.3) is 0 Å². The highest BCUT2D eigenvalue weighted by atomic mass is 32.1. The molecule has 1 rings (SSSR count). The SMILES string of the molecule is CC(=O)Cc1nsc(C(N)=O)n1. The van der Waals surface area contributed by atoms with E-state index < -0.39 is 5.91 Å². The predicted molar refractivity (Wildman–Crippen MR) is 42.8 cm³/mol. The van der Waals surface area contributed by atoms with Crippen LogP contribution in [-0.4, -0.2) is 21.0 Å². The van der Waals surface area contributed by atoms with Crippen LogP contribution in [0.4, 0.5) is 0 Å². The van der Waals surface area contributed by atoms with E-state index in [4.69, 9.17) is 5.73 Å². The van der Waals surface area contributed by atoms with Gasteiger partial charge in [0.15, 0.2) is 5.82 Å². The van der Waals surface area contributed by atoms with Crippen molar-refractivity contribution in [3.05, 3.63) is 10.8 Å². The first-order valence-electron chi connectivity index (χ1n) is 3.21. The van der Waals surface area contributed by atoms with Crippen LogP contribution < -0.4 is 5.73 Å². The van der Waals surface area contributed by atoms with Crippen LogP contribution in [0.5, 0.6) is 0 Å². The van der Waals surface area contributed by atoms with Gasteiger partial charge < -0.3 is 5.73 Å². The number of amides is 1. The van der Waals surface area contributed by atoms with Gasteiger partial charge in [-0.25, -0.2) is 4.98 Å². The van der Waals surface area contributed by atoms with Crippen LogP contribution in [0.2, 0.25) is 0 Å². The highest BCUT2D eigenvalue weighted by Crippen LogP contribution is 2.03. The number of Topliss-reactive ketones (excluding diaryl/α,β-unsaturated/α-hetero) is 1. The van der Waals surface area contributed by atoms with Crippen molar-refractivity contribution in [3.63, 3.8) is 0 Å². The van der Waals surface area contributed by atoms with Crippen molar-refractivity contribution < 1.29 is 9.59 Å². The Morgan fingerprint density at radius 3 is 2.67 bits per heavy atom. The van der Waals surface area contributed by atoms with E-state index in [0.29, 0.717) is 5.82 Å². The molecule has 0 radical (unpaired) electrons. The molecule has 0 aliphatic heterocycles. The smallest absolute Gasteiger partial charge is 0.279 e. The predicted octanol–water partition coefficient (Wildman–Crippen LogP) is -0.231. The summed E-state index contributed by atoms with van der Waals surface area (Å²) in [6.45, 7) is 1.44. The van der Waals surface area contributed by atoms with Gasteiger partial charge in [-0.2, -0.15) is 4.37 Å². The molecule has 0 aromatic carbocycles. The van der Waals surface area contributed by atoms with Gasteiger partial charge in [0.05, 0.1) is 6.42 Å². The maximum Gasteiger partial charge on any atom is 0.279 e. The molecule has 0 saturated carbocycles. The Balaban J connectivity index is 2.77. The van der Waals surface area contributed by atoms with E-state index in [1.165, 1.54) is 6.92 Å². The lowest BCUT2D eigenvalue weighted by Crippen LogP contribution is -2.10. The summed E-state index contributed by atoms with van der Waals surface area (Å²) < 4.78 is 3.79. The minimum Gasteiger partial charge on any atom is -0.363 e. The van der Waals surface area contributed by atoms with Crippen LogP contribution in [-0.2, 0) is 11.2 Å². The second kappa shape index (κ2) is 3.40. The third kappa shape index (κ3) is 2.09. The lowest BCUT2D eigenvalue weighted by Gasteiger charge is -1.85. The molecule has 64 valence electrons. The quantitative estimate of drug-likeness (QED) is 0.704. The lowest BCUT2D eigenvalue weighted by atomic mass is 10.3. The molecule has 1 aromatic heterocycles. The van der Waals surface area contributed by atoms with Gasteiger partial charge in [-0.05, 0) is 18.5 Å². The Hall–Kier alpha value is -1.30. The number of hydrogen-bond donors (Lipinski definition) is 1. The fourth-order valence-corrected chi connectivity index (χ4v) is 1.18. The van der Waals surface area contributed by atoms with Crippen molar-refractivity contribution in [2.24, 2.45) is 5.73 Å². The Labute approximate surface area is 72.8 Å². The van der Waals surface area contributed by atoms with Gasteiger partial charge in [-0.3, -0.25) is 9.59 Å². The van der Waals surface area contributed by atoms with Gasteiger partial charge in [0.1, 0.15) is 5.78 Å². The molecule has 0 bridgehead atoms. The van der Waals surface area contributed by atoms with Gasteiger partial charge in [-0.15, -0.1) is 0 Å². The van der Waals surface area contributed by atoms with Crippen molar-refractivity contribution in [2.75, 3.05) is 0 Å². The first kappa shape index (κ1) is 8.79. The molecule has 1 heterocycles. The first-order valence-corrected chi connectivity index (χ1v) is 3.98. The molecular formula is C6H7N3O2S. The third-order valence-electron chi connectivity index (χ3n) is 1.09. The summed E-state index contributed by atoms with van der Waals surface area (Å²) in [5, 5.41) is 0.145. The van der Waals surface area contributed by atoms with E-state index in [1.807, 2.05) is 0 Å². The van der Waals surface area contributed by atoms with Crippen molar-refractivity contribution in [2.45, 2.75) is 13.3 Å². The number of carbonyl (C=O) groups is 2. The molecule has 0 fully saturated rings. The van der Waals surface area contributed by atoms with E-state index in [0.717, 1.165) is 11.5 Å². The second-order valence-corrected chi connectivity index (χ2v) is 3.01. The molecule has 0 spiro atoms. The topological polar surface area (TPSA) is 85.9 Å². The fourth-order valence-electron chi connectivity index (χ4n) is 0.649. The zero-order chi connectivity index (χ0) is 9.14. The molecule has 0 saturated heterocycles. The Bertz CT molecular complexity index is 320. The number of aromatic nitrogens is 2. The van der Waals surface area contributed by atoms with Gasteiger partial charge in [0, 0.05) is 0 Å². The van der Waals surface area contributed by atoms with Crippen molar-refractivity contribution in [1.82, 2.24) is 9.36 Å². The van der Waals surface area contributed by atoms with Gasteiger partial charge >= 0.3 is 0 Å². The summed E-state index contributed by atoms with van der Waals surface area (Å²) in [7, 11) is 0. The van der Waals surface area contributed by atoms with Crippen LogP contribution in [0.1, 0.15) is 22.6 Å². The van der Waals surface area contributed by atoms with E-state index in [2.05, 4.69) is 9.36 Å². The van der Waals surface area contributed by atoms with E-state index in [-0.39, 0.29) is 17.2 Å². The maximum atomic E-state index is 10.6. The van der Waals surface area contributed by atoms with Gasteiger partial charge in [-0.1, -0.05) is 0 Å². The molecule has 0 aliphatic rings. The summed E-state index contributed by atoms with van der Waals surface area (Å²) in [6, 6.07) is 0. The number of nitrogens with two attached hydrogens (primary N) is 1. The first-order chi connectivity index (χ1) is 5.59. The molecular weight excluding hydrogens is 178 g/mol. The number of hydrogen-bond acceptors (Lipinski definition) is 5. The number of nitrogens with zero attached hydrogens (tertiary/aromatic N) is 2. The summed E-state index contributed by atoms with van der Waals surface area (Å²) in [5.74, 6) is -0.285. The summed E-state index contributed by atoms with van der Waals surface area (Å²) in [5.41, 5.74) is 4.94. The van der Waals surface area contributed by atoms with E-state index >= 15 is 0 Å². The average Bonchev–Trinajstić information content (AvgIpc) is 2.34. The molecule has 1 aromatic rings. The van der Waals surface area contributed by atoms with E-state index in [1.54, 1.807) is 0 Å². The Morgan fingerprint density at radius 2 is 2.25 bits per heavy atom. The monoisotopic (exact) mass is 185 g/mol. The Morgan fingerprint density at radius 1 is 1.58 bits per heavy atom. The van der Waals surface area contributed by atoms with Gasteiger partial charge in [0.2, 0.25) is 5.01 Å². The summed E-state index contributed by atoms with van der Waals surface area (Å²) >= 11 is 0.912. The van der Waals surface area contributed by atoms with Crippen LogP contribution in [0.15, 0.2) is 0 Å². The van der Waals surface area contributed by atoms with Crippen molar-refractivity contribution in [3.8, 4) is 0 Å². The largest absolute Gasteiger partial charge is 0.363 e. The van der Waals surface area contributed by atoms with Crippen LogP contribution in [0.3, 0.4) is 0 Å². The number of ketones is 1. The zero-order valence-electron chi connectivity index (χ0n) is 6.40. The number of carbonyl (C=O) groups excluding carboxylic acids is 2. The average molecular weight is 185 g/mol. The van der Waals surface area contributed by atoms with Crippen molar-refractivity contribution in [1.29, 1.82) is 0 Å². The van der Waals surface area contributed by atoms with Crippen LogP contribution in [0, 0.1) is 0 Å². The minimum absolute atomic E-state index is 0.0381. The molecule has 6 heteroatoms. The molecule has 0 aliphatic carbocycles. The molecule has 0 atom stereocenters. The highest BCUT2D eigenvalue weighted by Gasteiger charge is 2.09. The third-order valence-corrected chi connectivity index (χ3v) is 1.85. The highest BCUT2D eigenvalue weighted by molar-refractivity contribution is 7.07. The standard InChI is InChI=1S/C6H7N3O2S/c1-3(10)2-4-8-6(5(7)11)12-9-4/h2H2,1H3,(H2,7,11). The molecule has 12 heavy (non-hydrogen) atoms. The zero-order valence-corrected chi connectivity index (χ0v) is 7.22. The molecule has 0 unspecified atom stereocenters. The summed E-state index contributed by atoms with van der Waals surface area (Å²) in [4.78, 5) is 24.9. The summed E-state index contributed by atoms with van der Waals surface area (Å²) in [6.07, 6.45) is 0.157. The van der Waals surface area contributed by atoms with Gasteiger partial charge in [0.25, 0.3) is 5.91 Å². The number of primary amides is 1. The molecule has 5 nitrogen and oxygen atoms in total. The normalized spacial score (nSPS) is 9.75. The fraction of sp³-hybridized carbons (Fsp3) is 0.333. The van der Waals surface area contributed by atoms with E-state index in [9.17, 15) is 9.59 Å². The minimum atomic E-state index is -0.609. The molecule has 1 amide bonds. The lowest BCUT2D eigenvalue weighted by molar-refractivity contribution is -0.116. The number of rotatable bonds is 3. The Kier molecular flexibility index (Phi) is 2.49.